The number of ether oxygens (including phenoxy) is 1. The number of hydrogen-bond acceptors (Lipinski definition) is 4. The van der Waals surface area contributed by atoms with E-state index in [0.717, 1.165) is 12.1 Å². The fourth-order valence-electron chi connectivity index (χ4n) is 3.69. The summed E-state index contributed by atoms with van der Waals surface area (Å²) < 4.78 is 66.5. The predicted octanol–water partition coefficient (Wildman–Crippen LogP) is 3.52. The highest BCUT2D eigenvalue weighted by Gasteiger charge is 2.49. The quantitative estimate of drug-likeness (QED) is 0.607. The van der Waals surface area contributed by atoms with E-state index in [9.17, 15) is 26.7 Å². The third-order valence-corrected chi connectivity index (χ3v) is 5.86. The van der Waals surface area contributed by atoms with Crippen LogP contribution in [-0.2, 0) is 27.5 Å². The van der Waals surface area contributed by atoms with Gasteiger partial charge in [-0.05, 0) is 35.6 Å². The van der Waals surface area contributed by atoms with E-state index in [1.807, 2.05) is 13.8 Å². The summed E-state index contributed by atoms with van der Waals surface area (Å²) in [5.41, 5.74) is 3.77. The second-order valence-corrected chi connectivity index (χ2v) is 8.32. The van der Waals surface area contributed by atoms with Gasteiger partial charge in [0.2, 0.25) is 11.8 Å². The molecule has 0 aliphatic heterocycles. The minimum absolute atomic E-state index is 0.111. The highest BCUT2D eigenvalue weighted by atomic mass is 32.2. The van der Waals surface area contributed by atoms with Crippen molar-refractivity contribution in [3.8, 4) is 5.88 Å². The highest BCUT2D eigenvalue weighted by Crippen LogP contribution is 2.44. The topological polar surface area (TPSA) is 103 Å². The fourth-order valence-corrected chi connectivity index (χ4v) is 4.60. The first-order chi connectivity index (χ1) is 13.9. The molecular weight excluding hydrogens is 421 g/mol. The number of primary amides is 1. The summed E-state index contributed by atoms with van der Waals surface area (Å²) >= 11 is -2.71. The SMILES string of the molecule is COc1ccc(C(CC(C)C)(c2ccc(C(F)(F)F)cc2)C(C(N)=O)S(=O)O)cn1. The van der Waals surface area contributed by atoms with Gasteiger partial charge in [-0.1, -0.05) is 32.0 Å². The summed E-state index contributed by atoms with van der Waals surface area (Å²) in [5, 5.41) is -1.62. The molecule has 0 aliphatic carbocycles. The molecule has 3 N–H and O–H groups in total. The highest BCUT2D eigenvalue weighted by molar-refractivity contribution is 7.80. The van der Waals surface area contributed by atoms with Crippen LogP contribution >= 0.6 is 0 Å². The number of alkyl halides is 3. The van der Waals surface area contributed by atoms with E-state index in [4.69, 9.17) is 10.5 Å². The molecule has 1 amide bonds. The number of nitrogens with two attached hydrogens (primary N) is 1. The normalized spacial score (nSPS) is 16.0. The molecule has 0 saturated heterocycles. The summed E-state index contributed by atoms with van der Waals surface area (Å²) in [6.45, 7) is 3.66. The standard InChI is InChI=1S/C20H23F3N2O4S/c1-12(2)10-19(17(18(24)26)30(27)28,15-8-9-16(29-3)25-11-15)13-4-6-14(7-5-13)20(21,22)23/h4-9,11-12,17H,10H2,1-3H3,(H2,24,26)(H,27,28). The molecule has 0 fully saturated rings. The molecule has 0 saturated carbocycles. The van der Waals surface area contributed by atoms with Crippen LogP contribution in [0.3, 0.4) is 0 Å². The first-order valence-corrected chi connectivity index (χ1v) is 10.2. The number of rotatable bonds is 8. The monoisotopic (exact) mass is 444 g/mol. The van der Waals surface area contributed by atoms with Crippen LogP contribution in [-0.4, -0.2) is 32.0 Å². The Morgan fingerprint density at radius 3 is 2.03 bits per heavy atom. The molecule has 30 heavy (non-hydrogen) atoms. The number of aromatic nitrogens is 1. The second-order valence-electron chi connectivity index (χ2n) is 7.29. The van der Waals surface area contributed by atoms with Crippen molar-refractivity contribution in [1.82, 2.24) is 4.98 Å². The third-order valence-electron chi connectivity index (χ3n) is 4.83. The van der Waals surface area contributed by atoms with E-state index in [1.165, 1.54) is 31.5 Å². The second kappa shape index (κ2) is 9.13. The smallest absolute Gasteiger partial charge is 0.416 e. The average Bonchev–Trinajstić information content (AvgIpc) is 2.66. The van der Waals surface area contributed by atoms with Crippen LogP contribution in [0.15, 0.2) is 42.6 Å². The molecule has 6 nitrogen and oxygen atoms in total. The Kier molecular flexibility index (Phi) is 7.25. The lowest BCUT2D eigenvalue weighted by atomic mass is 9.67. The van der Waals surface area contributed by atoms with Gasteiger partial charge in [-0.25, -0.2) is 9.19 Å². The van der Waals surface area contributed by atoms with E-state index in [1.54, 1.807) is 6.07 Å². The van der Waals surface area contributed by atoms with E-state index in [0.29, 0.717) is 5.56 Å². The van der Waals surface area contributed by atoms with Gasteiger partial charge in [0.25, 0.3) is 0 Å². The molecule has 1 aromatic carbocycles. The number of amides is 1. The largest absolute Gasteiger partial charge is 0.481 e. The van der Waals surface area contributed by atoms with Crippen LogP contribution in [0.4, 0.5) is 13.2 Å². The molecule has 0 aliphatic rings. The van der Waals surface area contributed by atoms with Crippen LogP contribution in [0.2, 0.25) is 0 Å². The third kappa shape index (κ3) is 4.81. The molecule has 0 bridgehead atoms. The Morgan fingerprint density at radius 2 is 1.67 bits per heavy atom. The molecule has 10 heteroatoms. The van der Waals surface area contributed by atoms with Gasteiger partial charge in [0.1, 0.15) is 0 Å². The average molecular weight is 444 g/mol. The van der Waals surface area contributed by atoms with Crippen molar-refractivity contribution in [2.45, 2.75) is 37.1 Å². The lowest BCUT2D eigenvalue weighted by molar-refractivity contribution is -0.137. The molecule has 2 aromatic rings. The van der Waals surface area contributed by atoms with Crippen LogP contribution in [0.25, 0.3) is 0 Å². The van der Waals surface area contributed by atoms with Gasteiger partial charge >= 0.3 is 6.18 Å². The Hall–Kier alpha value is -2.46. The molecule has 3 atom stereocenters. The van der Waals surface area contributed by atoms with Crippen molar-refractivity contribution in [1.29, 1.82) is 0 Å². The number of methoxy groups -OCH3 is 1. The molecule has 2 rings (SSSR count). The van der Waals surface area contributed by atoms with Gasteiger partial charge in [0, 0.05) is 17.7 Å². The zero-order valence-corrected chi connectivity index (χ0v) is 17.5. The van der Waals surface area contributed by atoms with E-state index < -0.39 is 39.4 Å². The predicted molar refractivity (Wildman–Crippen MR) is 106 cm³/mol. The van der Waals surface area contributed by atoms with Gasteiger partial charge < -0.3 is 15.0 Å². The number of pyridine rings is 1. The van der Waals surface area contributed by atoms with Crippen LogP contribution in [0.1, 0.15) is 37.0 Å². The van der Waals surface area contributed by atoms with Crippen LogP contribution in [0, 0.1) is 5.92 Å². The summed E-state index contributed by atoms with van der Waals surface area (Å²) in [6.07, 6.45) is -3.02. The minimum atomic E-state index is -4.55. The zero-order chi connectivity index (χ0) is 22.7. The van der Waals surface area contributed by atoms with Gasteiger partial charge in [0.05, 0.1) is 12.7 Å². The van der Waals surface area contributed by atoms with Gasteiger partial charge in [0.15, 0.2) is 16.3 Å². The van der Waals surface area contributed by atoms with Crippen molar-refractivity contribution in [2.75, 3.05) is 7.11 Å². The van der Waals surface area contributed by atoms with Gasteiger partial charge in [-0.2, -0.15) is 13.2 Å². The number of hydrogen-bond donors (Lipinski definition) is 2. The van der Waals surface area contributed by atoms with Crippen LogP contribution < -0.4 is 10.5 Å². The van der Waals surface area contributed by atoms with Crippen molar-refractivity contribution < 1.29 is 31.5 Å². The maximum atomic E-state index is 13.1. The Bertz CT molecular complexity index is 888. The number of halogens is 3. The number of nitrogens with zero attached hydrogens (tertiary/aromatic N) is 1. The minimum Gasteiger partial charge on any atom is -0.481 e. The summed E-state index contributed by atoms with van der Waals surface area (Å²) in [4.78, 5) is 16.4. The Labute approximate surface area is 174 Å². The molecule has 1 heterocycles. The zero-order valence-electron chi connectivity index (χ0n) is 16.6. The first-order valence-electron chi connectivity index (χ1n) is 9.00. The van der Waals surface area contributed by atoms with Crippen molar-refractivity contribution in [3.05, 3.63) is 59.3 Å². The van der Waals surface area contributed by atoms with E-state index in [-0.39, 0.29) is 23.8 Å². The molecule has 0 radical (unpaired) electrons. The lowest BCUT2D eigenvalue weighted by Crippen LogP contribution is -2.51. The Balaban J connectivity index is 2.84. The summed E-state index contributed by atoms with van der Waals surface area (Å²) in [7, 11) is 1.41. The van der Waals surface area contributed by atoms with Gasteiger partial charge in [-0.15, -0.1) is 0 Å². The lowest BCUT2D eigenvalue weighted by Gasteiger charge is -2.40. The van der Waals surface area contributed by atoms with E-state index in [2.05, 4.69) is 4.98 Å². The van der Waals surface area contributed by atoms with E-state index >= 15 is 0 Å². The molecular formula is C20H23F3N2O4S. The molecule has 164 valence electrons. The maximum absolute atomic E-state index is 13.1. The number of benzene rings is 1. The molecule has 3 unspecified atom stereocenters. The van der Waals surface area contributed by atoms with Crippen molar-refractivity contribution >= 4 is 17.0 Å². The Morgan fingerprint density at radius 1 is 1.13 bits per heavy atom. The first kappa shape index (κ1) is 23.8. The number of carbonyl (C=O) groups is 1. The van der Waals surface area contributed by atoms with Crippen molar-refractivity contribution in [3.63, 3.8) is 0 Å². The molecule has 1 aromatic heterocycles. The molecule has 0 spiro atoms. The van der Waals surface area contributed by atoms with Crippen molar-refractivity contribution in [2.24, 2.45) is 11.7 Å². The van der Waals surface area contributed by atoms with Crippen LogP contribution in [0.5, 0.6) is 5.88 Å². The summed E-state index contributed by atoms with van der Waals surface area (Å²) in [5.74, 6) is -0.891. The number of carbonyl (C=O) groups excluding carboxylic acids is 1. The maximum Gasteiger partial charge on any atom is 0.416 e. The fraction of sp³-hybridized carbons (Fsp3) is 0.400. The van der Waals surface area contributed by atoms with Gasteiger partial charge in [-0.3, -0.25) is 4.79 Å². The summed E-state index contributed by atoms with van der Waals surface area (Å²) in [6, 6.07) is 7.23.